The van der Waals surface area contributed by atoms with E-state index in [-0.39, 0.29) is 0 Å². The third kappa shape index (κ3) is 2.83. The van der Waals surface area contributed by atoms with Crippen LogP contribution in [0.5, 0.6) is 0 Å². The van der Waals surface area contributed by atoms with Gasteiger partial charge in [0.05, 0.1) is 11.4 Å². The average molecular weight is 328 g/mol. The van der Waals surface area contributed by atoms with Crippen LogP contribution in [-0.2, 0) is 0 Å². The van der Waals surface area contributed by atoms with Crippen LogP contribution in [0.15, 0.2) is 84.0 Å². The lowest BCUT2D eigenvalue weighted by Crippen LogP contribution is -2.45. The van der Waals surface area contributed by atoms with E-state index in [1.165, 1.54) is 11.1 Å². The molecule has 1 N–H and O–H groups in total. The van der Waals surface area contributed by atoms with Crippen LogP contribution in [-0.4, -0.2) is 5.84 Å². The Labute approximate surface area is 148 Å². The molecule has 3 aromatic carbocycles. The van der Waals surface area contributed by atoms with E-state index in [1.807, 2.05) is 46.6 Å². The highest BCUT2D eigenvalue weighted by atomic mass is 15.9. The summed E-state index contributed by atoms with van der Waals surface area (Å²) in [6.45, 7) is 4.24. The van der Waals surface area contributed by atoms with Gasteiger partial charge < -0.3 is 0 Å². The van der Waals surface area contributed by atoms with E-state index in [0.29, 0.717) is 0 Å². The number of rotatable bonds is 3. The van der Waals surface area contributed by atoms with Crippen molar-refractivity contribution in [3.63, 3.8) is 0 Å². The molecule has 0 spiro atoms. The number of para-hydroxylation sites is 2. The van der Waals surface area contributed by atoms with Crippen molar-refractivity contribution in [1.82, 2.24) is 5.43 Å². The highest BCUT2D eigenvalue weighted by Crippen LogP contribution is 2.30. The Morgan fingerprint density at radius 3 is 1.96 bits per heavy atom. The van der Waals surface area contributed by atoms with Crippen molar-refractivity contribution in [2.24, 2.45) is 5.10 Å². The maximum atomic E-state index is 4.83. The second kappa shape index (κ2) is 6.32. The van der Waals surface area contributed by atoms with Crippen molar-refractivity contribution in [1.29, 1.82) is 0 Å². The molecule has 0 aromatic heterocycles. The first-order chi connectivity index (χ1) is 12.2. The summed E-state index contributed by atoms with van der Waals surface area (Å²) in [5.41, 5.74) is 9.02. The first-order valence-corrected chi connectivity index (χ1v) is 8.36. The lowest BCUT2D eigenvalue weighted by molar-refractivity contribution is 0.764. The Morgan fingerprint density at radius 2 is 1.32 bits per heavy atom. The molecular weight excluding hydrogens is 308 g/mol. The number of hydrazone groups is 1. The summed E-state index contributed by atoms with van der Waals surface area (Å²) in [4.78, 5) is 0. The molecule has 0 aliphatic carbocycles. The molecule has 1 aliphatic heterocycles. The summed E-state index contributed by atoms with van der Waals surface area (Å²) in [7, 11) is 0. The molecule has 0 fully saturated rings. The number of hydrogen-bond acceptors (Lipinski definition) is 4. The number of nitrogens with zero attached hydrogens (tertiary/aromatic N) is 3. The van der Waals surface area contributed by atoms with Crippen molar-refractivity contribution in [2.45, 2.75) is 13.8 Å². The van der Waals surface area contributed by atoms with E-state index in [4.69, 9.17) is 5.10 Å². The topological polar surface area (TPSA) is 30.9 Å². The van der Waals surface area contributed by atoms with Gasteiger partial charge in [-0.3, -0.25) is 5.43 Å². The molecule has 1 aliphatic rings. The van der Waals surface area contributed by atoms with Gasteiger partial charge in [0.1, 0.15) is 0 Å². The Kier molecular flexibility index (Phi) is 3.86. The lowest BCUT2D eigenvalue weighted by atomic mass is 10.1. The molecule has 25 heavy (non-hydrogen) atoms. The summed E-state index contributed by atoms with van der Waals surface area (Å²) < 4.78 is 0. The molecular formula is C21H20N4. The van der Waals surface area contributed by atoms with Crippen LogP contribution in [0, 0.1) is 13.8 Å². The molecule has 0 saturated carbocycles. The second-order valence-electron chi connectivity index (χ2n) is 6.10. The van der Waals surface area contributed by atoms with Gasteiger partial charge in [0.25, 0.3) is 0 Å². The quantitative estimate of drug-likeness (QED) is 0.772. The summed E-state index contributed by atoms with van der Waals surface area (Å²) in [5, 5.41) is 8.76. The molecule has 4 nitrogen and oxygen atoms in total. The molecule has 4 rings (SSSR count). The molecule has 0 atom stereocenters. The van der Waals surface area contributed by atoms with Crippen molar-refractivity contribution < 1.29 is 0 Å². The van der Waals surface area contributed by atoms with E-state index in [9.17, 15) is 0 Å². The Morgan fingerprint density at radius 1 is 0.720 bits per heavy atom. The van der Waals surface area contributed by atoms with E-state index in [2.05, 4.69) is 61.7 Å². The lowest BCUT2D eigenvalue weighted by Gasteiger charge is -2.30. The summed E-state index contributed by atoms with van der Waals surface area (Å²) in [6, 6.07) is 26.7. The van der Waals surface area contributed by atoms with Gasteiger partial charge in [-0.25, -0.2) is 0 Å². The Bertz CT molecular complexity index is 883. The van der Waals surface area contributed by atoms with Gasteiger partial charge in [-0.05, 0) is 37.1 Å². The predicted molar refractivity (Wildman–Crippen MR) is 103 cm³/mol. The third-order valence-corrected chi connectivity index (χ3v) is 4.28. The minimum absolute atomic E-state index is 0.826. The van der Waals surface area contributed by atoms with Crippen LogP contribution in [0.25, 0.3) is 0 Å². The first-order valence-electron chi connectivity index (χ1n) is 8.36. The fourth-order valence-electron chi connectivity index (χ4n) is 3.05. The van der Waals surface area contributed by atoms with E-state index in [1.54, 1.807) is 0 Å². The fourth-order valence-corrected chi connectivity index (χ4v) is 3.05. The summed E-state index contributed by atoms with van der Waals surface area (Å²) >= 11 is 0. The van der Waals surface area contributed by atoms with Gasteiger partial charge in [-0.2, -0.15) is 10.2 Å². The van der Waals surface area contributed by atoms with Crippen LogP contribution in [0.3, 0.4) is 0 Å². The number of anilines is 2. The molecule has 124 valence electrons. The maximum Gasteiger partial charge on any atom is 0.176 e. The monoisotopic (exact) mass is 328 g/mol. The number of aryl methyl sites for hydroxylation is 2. The molecule has 0 bridgehead atoms. The van der Waals surface area contributed by atoms with Crippen LogP contribution in [0.2, 0.25) is 0 Å². The number of nitrogens with one attached hydrogen (secondary N) is 1. The van der Waals surface area contributed by atoms with Gasteiger partial charge in [0, 0.05) is 5.56 Å². The molecule has 0 radical (unpaired) electrons. The highest BCUT2D eigenvalue weighted by Gasteiger charge is 2.28. The first kappa shape index (κ1) is 15.3. The molecule has 0 amide bonds. The van der Waals surface area contributed by atoms with Crippen LogP contribution >= 0.6 is 0 Å². The second-order valence-corrected chi connectivity index (χ2v) is 6.10. The molecule has 4 heteroatoms. The van der Waals surface area contributed by atoms with Gasteiger partial charge >= 0.3 is 0 Å². The normalized spacial score (nSPS) is 13.6. The van der Waals surface area contributed by atoms with Crippen molar-refractivity contribution in [2.75, 3.05) is 10.2 Å². The van der Waals surface area contributed by atoms with Gasteiger partial charge in [-0.1, -0.05) is 66.7 Å². The van der Waals surface area contributed by atoms with Crippen molar-refractivity contribution in [3.8, 4) is 0 Å². The molecule has 3 aromatic rings. The molecule has 1 heterocycles. The molecule has 0 unspecified atom stereocenters. The van der Waals surface area contributed by atoms with Crippen molar-refractivity contribution in [3.05, 3.63) is 95.6 Å². The highest BCUT2D eigenvalue weighted by molar-refractivity contribution is 6.02. The van der Waals surface area contributed by atoms with Gasteiger partial charge in [-0.15, -0.1) is 5.10 Å². The standard InChI is InChI=1S/C21H20N4/c1-16-10-9-11-17(2)20(16)25-23-21(18-12-5-3-6-13-18)22-24(25)19-14-7-4-8-15-19/h3-15H,1-2H3,(H,22,23). The van der Waals surface area contributed by atoms with Gasteiger partial charge in [0.2, 0.25) is 0 Å². The Hall–Kier alpha value is -3.27. The number of hydrogen-bond donors (Lipinski definition) is 1. The fraction of sp³-hybridized carbons (Fsp3) is 0.0952. The van der Waals surface area contributed by atoms with E-state index >= 15 is 0 Å². The Balaban J connectivity index is 1.81. The minimum Gasteiger partial charge on any atom is -0.259 e. The summed E-state index contributed by atoms with van der Waals surface area (Å²) in [6.07, 6.45) is 0. The zero-order chi connectivity index (χ0) is 17.2. The van der Waals surface area contributed by atoms with Crippen molar-refractivity contribution >= 4 is 17.2 Å². The molecule has 0 saturated heterocycles. The third-order valence-electron chi connectivity index (χ3n) is 4.28. The largest absolute Gasteiger partial charge is 0.259 e. The zero-order valence-corrected chi connectivity index (χ0v) is 14.3. The maximum absolute atomic E-state index is 4.83. The number of amidine groups is 1. The smallest absolute Gasteiger partial charge is 0.176 e. The van der Waals surface area contributed by atoms with E-state index in [0.717, 1.165) is 22.8 Å². The summed E-state index contributed by atoms with van der Waals surface area (Å²) in [5.74, 6) is 0.826. The van der Waals surface area contributed by atoms with Crippen LogP contribution in [0.4, 0.5) is 11.4 Å². The zero-order valence-electron chi connectivity index (χ0n) is 14.3. The number of hydrazine groups is 2. The SMILES string of the molecule is Cc1cccc(C)c1N1NC(c2ccccc2)=NN1c1ccccc1. The predicted octanol–water partition coefficient (Wildman–Crippen LogP) is 4.41. The average Bonchev–Trinajstić information content (AvgIpc) is 3.08. The number of benzene rings is 3. The van der Waals surface area contributed by atoms with Crippen LogP contribution in [0.1, 0.15) is 16.7 Å². The van der Waals surface area contributed by atoms with Crippen LogP contribution < -0.4 is 15.7 Å². The minimum atomic E-state index is 0.826. The van der Waals surface area contributed by atoms with E-state index < -0.39 is 0 Å². The van der Waals surface area contributed by atoms with Gasteiger partial charge in [0.15, 0.2) is 5.84 Å².